The summed E-state index contributed by atoms with van der Waals surface area (Å²) in [5.41, 5.74) is 3.10. The van der Waals surface area contributed by atoms with Gasteiger partial charge in [-0.3, -0.25) is 25.0 Å². The second kappa shape index (κ2) is 11.3. The predicted molar refractivity (Wildman–Crippen MR) is 156 cm³/mol. The van der Waals surface area contributed by atoms with Crippen LogP contribution in [0.15, 0.2) is 71.6 Å². The Balaban J connectivity index is 1.40. The molecule has 0 spiro atoms. The van der Waals surface area contributed by atoms with Crippen LogP contribution in [0.2, 0.25) is 0 Å². The molecule has 0 bridgehead atoms. The van der Waals surface area contributed by atoms with Crippen molar-refractivity contribution in [2.45, 2.75) is 33.9 Å². The van der Waals surface area contributed by atoms with Crippen LogP contribution in [0.4, 0.5) is 17.1 Å². The Morgan fingerprint density at radius 2 is 1.71 bits per heavy atom. The van der Waals surface area contributed by atoms with E-state index in [2.05, 4.69) is 5.32 Å². The molecule has 0 radical (unpaired) electrons. The number of carbonyl (C=O) groups excluding carboxylic acids is 1. The van der Waals surface area contributed by atoms with Crippen LogP contribution in [-0.4, -0.2) is 57.6 Å². The van der Waals surface area contributed by atoms with Crippen molar-refractivity contribution in [3.63, 3.8) is 0 Å². The molecule has 0 unspecified atom stereocenters. The number of para-hydroxylation sites is 2. The van der Waals surface area contributed by atoms with E-state index in [1.807, 2.05) is 18.2 Å². The lowest BCUT2D eigenvalue weighted by Gasteiger charge is -2.39. The molecule has 1 aliphatic carbocycles. The van der Waals surface area contributed by atoms with Crippen molar-refractivity contribution in [3.05, 3.63) is 104 Å². The summed E-state index contributed by atoms with van der Waals surface area (Å²) < 4.78 is 5.43. The number of nitro benzene ring substituents is 2. The number of anilines is 1. The Morgan fingerprint density at radius 1 is 0.976 bits per heavy atom. The molecule has 12 heteroatoms. The fourth-order valence-electron chi connectivity index (χ4n) is 6.26. The van der Waals surface area contributed by atoms with Gasteiger partial charge in [0.2, 0.25) is 0 Å². The highest BCUT2D eigenvalue weighted by Gasteiger charge is 2.51. The summed E-state index contributed by atoms with van der Waals surface area (Å²) in [5.74, 6) is -0.250. The average molecular weight is 595 g/mol. The molecule has 1 saturated carbocycles. The summed E-state index contributed by atoms with van der Waals surface area (Å²) in [5, 5.41) is 26.1. The average Bonchev–Trinajstić information content (AvgIpc) is 3.32. The van der Waals surface area contributed by atoms with Crippen molar-refractivity contribution in [1.82, 2.24) is 4.90 Å². The Bertz CT molecular complexity index is 1500. The van der Waals surface area contributed by atoms with Crippen molar-refractivity contribution in [3.8, 4) is 0 Å². The second-order valence-electron chi connectivity index (χ2n) is 10.4. The number of hydrogen-bond acceptors (Lipinski definition) is 8. The summed E-state index contributed by atoms with van der Waals surface area (Å²) in [7, 11) is 0. The van der Waals surface area contributed by atoms with Gasteiger partial charge < -0.3 is 15.0 Å². The van der Waals surface area contributed by atoms with Gasteiger partial charge in [-0.1, -0.05) is 36.4 Å². The van der Waals surface area contributed by atoms with Crippen LogP contribution in [0.1, 0.15) is 39.9 Å². The Kier molecular flexibility index (Phi) is 7.58. The van der Waals surface area contributed by atoms with Crippen LogP contribution >= 0.6 is 23.4 Å². The number of alkyl halides is 1. The summed E-state index contributed by atoms with van der Waals surface area (Å²) in [6, 6.07) is 18.5. The predicted octanol–water partition coefficient (Wildman–Crippen LogP) is 6.01. The fourth-order valence-corrected chi connectivity index (χ4v) is 8.21. The molecule has 1 saturated heterocycles. The normalized spacial score (nSPS) is 25.1. The molecule has 3 aliphatic rings. The van der Waals surface area contributed by atoms with Gasteiger partial charge in [-0.2, -0.15) is 0 Å². The minimum Gasteiger partial charge on any atom is -0.378 e. The first-order valence-corrected chi connectivity index (χ1v) is 14.7. The van der Waals surface area contributed by atoms with Crippen LogP contribution in [-0.2, 0) is 4.74 Å². The van der Waals surface area contributed by atoms with E-state index >= 15 is 0 Å². The van der Waals surface area contributed by atoms with Gasteiger partial charge in [0.25, 0.3) is 17.3 Å². The zero-order chi connectivity index (χ0) is 28.7. The molecule has 1 N–H and O–H groups in total. The summed E-state index contributed by atoms with van der Waals surface area (Å²) in [6.45, 7) is 1.98. The van der Waals surface area contributed by atoms with Gasteiger partial charge in [-0.25, -0.2) is 0 Å². The highest BCUT2D eigenvalue weighted by Crippen LogP contribution is 2.58. The number of hydrogen-bond donors (Lipinski definition) is 1. The summed E-state index contributed by atoms with van der Waals surface area (Å²) in [6.07, 6.45) is 0.658. The van der Waals surface area contributed by atoms with E-state index in [0.29, 0.717) is 43.2 Å². The highest BCUT2D eigenvalue weighted by atomic mass is 35.5. The molecule has 0 aromatic heterocycles. The number of rotatable bonds is 6. The van der Waals surface area contributed by atoms with Crippen LogP contribution < -0.4 is 5.32 Å². The van der Waals surface area contributed by atoms with E-state index in [1.165, 1.54) is 30.0 Å². The number of thioether (sulfide) groups is 1. The number of amides is 1. The van der Waals surface area contributed by atoms with E-state index in [0.717, 1.165) is 16.8 Å². The highest BCUT2D eigenvalue weighted by molar-refractivity contribution is 8.00. The maximum absolute atomic E-state index is 13.7. The second-order valence-corrected chi connectivity index (χ2v) is 12.2. The Hall–Kier alpha value is -3.67. The van der Waals surface area contributed by atoms with Gasteiger partial charge in [-0.05, 0) is 35.6 Å². The molecule has 212 valence electrons. The number of nitro groups is 2. The van der Waals surface area contributed by atoms with E-state index < -0.39 is 4.92 Å². The number of fused-ring (bicyclic) bond motifs is 3. The van der Waals surface area contributed by atoms with Gasteiger partial charge in [0.05, 0.1) is 50.6 Å². The number of ether oxygens (including phenoxy) is 1. The third-order valence-corrected chi connectivity index (χ3v) is 10.3. The number of nitrogens with zero attached hydrogens (tertiary/aromatic N) is 3. The molecule has 5 atom stereocenters. The molecule has 10 nitrogen and oxygen atoms in total. The van der Waals surface area contributed by atoms with E-state index in [9.17, 15) is 25.0 Å². The number of nitrogens with one attached hydrogen (secondary N) is 1. The van der Waals surface area contributed by atoms with Crippen LogP contribution in [0.3, 0.4) is 0 Å². The number of carbonyl (C=O) groups is 1. The number of halogens is 1. The number of benzene rings is 3. The Labute approximate surface area is 245 Å². The van der Waals surface area contributed by atoms with Gasteiger partial charge in [0, 0.05) is 42.5 Å². The van der Waals surface area contributed by atoms with Gasteiger partial charge in [0.15, 0.2) is 0 Å². The maximum Gasteiger partial charge on any atom is 0.282 e. The molecular weight excluding hydrogens is 568 g/mol. The van der Waals surface area contributed by atoms with Gasteiger partial charge in [0.1, 0.15) is 0 Å². The third kappa shape index (κ3) is 5.13. The first kappa shape index (κ1) is 27.5. The molecule has 6 rings (SSSR count). The first-order chi connectivity index (χ1) is 19.8. The minimum absolute atomic E-state index is 0.00356. The largest absolute Gasteiger partial charge is 0.378 e. The van der Waals surface area contributed by atoms with Crippen LogP contribution in [0.5, 0.6) is 0 Å². The maximum atomic E-state index is 13.7. The third-order valence-electron chi connectivity index (χ3n) is 8.18. The van der Waals surface area contributed by atoms with Crippen molar-refractivity contribution >= 4 is 46.3 Å². The molecule has 3 aromatic rings. The fraction of sp³-hybridized carbons (Fsp3) is 0.345. The first-order valence-electron chi connectivity index (χ1n) is 13.4. The van der Waals surface area contributed by atoms with E-state index in [-0.39, 0.29) is 50.7 Å². The number of non-ortho nitro benzene ring substituents is 1. The molecular formula is C29H27ClN4O6S. The molecule has 41 heavy (non-hydrogen) atoms. The van der Waals surface area contributed by atoms with Crippen LogP contribution in [0, 0.1) is 26.1 Å². The molecule has 2 fully saturated rings. The topological polar surface area (TPSA) is 128 Å². The Morgan fingerprint density at radius 3 is 2.41 bits per heavy atom. The van der Waals surface area contributed by atoms with Crippen LogP contribution in [0.25, 0.3) is 0 Å². The lowest BCUT2D eigenvalue weighted by Crippen LogP contribution is -2.41. The van der Waals surface area contributed by atoms with Crippen molar-refractivity contribution in [2.24, 2.45) is 5.92 Å². The number of morpholine rings is 1. The van der Waals surface area contributed by atoms with Gasteiger partial charge >= 0.3 is 0 Å². The smallest absolute Gasteiger partial charge is 0.282 e. The standard InChI is InChI=1S/C29H27ClN4O6S/c30-26-24(41-23-7-2-1-6-22(23)34(38)39)16-21-25(26)19-4-3-5-20(29(35)32-12-14-40-15-13-32)28(19)31-27(21)17-8-10-18(11-9-17)33(36)37/h1-11,21,24-27,31H,12-16H2/t21-,24-,25-,26+,27-/m0/s1. The molecule has 3 aromatic carbocycles. The minimum atomic E-state index is -0.431. The summed E-state index contributed by atoms with van der Waals surface area (Å²) >= 11 is 8.65. The van der Waals surface area contributed by atoms with Gasteiger partial charge in [-0.15, -0.1) is 23.4 Å². The van der Waals surface area contributed by atoms with E-state index in [1.54, 1.807) is 35.2 Å². The monoisotopic (exact) mass is 594 g/mol. The summed E-state index contributed by atoms with van der Waals surface area (Å²) in [4.78, 5) is 38.2. The molecule has 2 heterocycles. The van der Waals surface area contributed by atoms with Crippen molar-refractivity contribution in [2.75, 3.05) is 31.6 Å². The zero-order valence-electron chi connectivity index (χ0n) is 21.9. The zero-order valence-corrected chi connectivity index (χ0v) is 23.4. The van der Waals surface area contributed by atoms with Crippen molar-refractivity contribution < 1.29 is 19.4 Å². The lowest BCUT2D eigenvalue weighted by molar-refractivity contribution is -0.387. The lowest BCUT2D eigenvalue weighted by atomic mass is 9.76. The molecule has 1 amide bonds. The quantitative estimate of drug-likeness (QED) is 0.209. The SMILES string of the molecule is O=C(c1cccc2c1N[C@@H](c1ccc([N+](=O)[O-])cc1)[C@H]1C[C@H](Sc3ccccc3[N+](=O)[O-])[C@@H](Cl)[C@@H]21)N1CCOCC1. The van der Waals surface area contributed by atoms with E-state index in [4.69, 9.17) is 16.3 Å². The van der Waals surface area contributed by atoms with Crippen molar-refractivity contribution in [1.29, 1.82) is 0 Å². The molecule has 2 aliphatic heterocycles.